The number of rotatable bonds is 3. The van der Waals surface area contributed by atoms with E-state index in [2.05, 4.69) is 11.8 Å². The third-order valence-electron chi connectivity index (χ3n) is 5.28. The summed E-state index contributed by atoms with van der Waals surface area (Å²) >= 11 is 1.45. The Morgan fingerprint density at radius 2 is 1.77 bits per heavy atom. The molecule has 0 bridgehead atoms. The average molecular weight is 369 g/mol. The summed E-state index contributed by atoms with van der Waals surface area (Å²) in [6.45, 7) is 9.10. The Balaban J connectivity index is 1.79. The molecule has 1 aliphatic heterocycles. The summed E-state index contributed by atoms with van der Waals surface area (Å²) in [4.78, 5) is 30.8. The Bertz CT molecular complexity index is 1030. The van der Waals surface area contributed by atoms with Crippen molar-refractivity contribution in [1.29, 1.82) is 0 Å². The molecule has 1 saturated heterocycles. The number of aryl methyl sites for hydroxylation is 1. The molecule has 0 unspecified atom stereocenters. The summed E-state index contributed by atoms with van der Waals surface area (Å²) in [5.41, 5.74) is 0.928. The number of amides is 1. The Morgan fingerprint density at radius 3 is 2.46 bits per heavy atom. The van der Waals surface area contributed by atoms with Crippen LogP contribution < -0.4 is 5.56 Å². The summed E-state index contributed by atoms with van der Waals surface area (Å²) in [6.07, 6.45) is 0. The van der Waals surface area contributed by atoms with Gasteiger partial charge in [-0.05, 0) is 25.6 Å². The Labute approximate surface area is 156 Å². The number of carbonyl (C=O) groups is 1. The van der Waals surface area contributed by atoms with E-state index in [9.17, 15) is 9.59 Å². The first kappa shape index (κ1) is 17.2. The van der Waals surface area contributed by atoms with Crippen molar-refractivity contribution in [1.82, 2.24) is 14.4 Å². The molecule has 0 N–H and O–H groups in total. The molecular formula is C20H23N3O2S. The van der Waals surface area contributed by atoms with Crippen molar-refractivity contribution in [3.8, 4) is 0 Å². The van der Waals surface area contributed by atoms with Crippen LogP contribution in [0, 0.1) is 0 Å². The van der Waals surface area contributed by atoms with E-state index in [-0.39, 0.29) is 11.5 Å². The predicted molar refractivity (Wildman–Crippen MR) is 107 cm³/mol. The summed E-state index contributed by atoms with van der Waals surface area (Å²) in [7, 11) is 0. The standard InChI is InChI=1S/C20H23N3O2S/c1-3-21-9-11-22(12-10-21)20(25)17-13-15-18(26-17)14-7-5-6-8-16(14)23(4-2)19(15)24/h5-8,13H,3-4,9-12H2,1-2H3. The van der Waals surface area contributed by atoms with Crippen LogP contribution in [0.5, 0.6) is 0 Å². The molecule has 1 aromatic carbocycles. The van der Waals surface area contributed by atoms with Crippen LogP contribution in [0.3, 0.4) is 0 Å². The number of pyridine rings is 1. The molecule has 3 aromatic rings. The molecule has 4 rings (SSSR count). The Kier molecular flexibility index (Phi) is 4.54. The van der Waals surface area contributed by atoms with E-state index in [1.165, 1.54) is 11.3 Å². The van der Waals surface area contributed by atoms with Gasteiger partial charge in [-0.25, -0.2) is 0 Å². The van der Waals surface area contributed by atoms with Gasteiger partial charge in [-0.15, -0.1) is 11.3 Å². The number of para-hydroxylation sites is 1. The topological polar surface area (TPSA) is 45.6 Å². The minimum absolute atomic E-state index is 0.00713. The predicted octanol–water partition coefficient (Wildman–Crippen LogP) is 3.01. The third-order valence-corrected chi connectivity index (χ3v) is 6.44. The van der Waals surface area contributed by atoms with Crippen LogP contribution in [0.1, 0.15) is 23.5 Å². The first-order valence-electron chi connectivity index (χ1n) is 9.20. The number of aromatic nitrogens is 1. The lowest BCUT2D eigenvalue weighted by Gasteiger charge is -2.33. The molecule has 136 valence electrons. The fourth-order valence-corrected chi connectivity index (χ4v) is 4.90. The number of hydrogen-bond acceptors (Lipinski definition) is 4. The van der Waals surface area contributed by atoms with Gasteiger partial charge in [0.1, 0.15) is 0 Å². The van der Waals surface area contributed by atoms with E-state index >= 15 is 0 Å². The monoisotopic (exact) mass is 369 g/mol. The molecular weight excluding hydrogens is 346 g/mol. The lowest BCUT2D eigenvalue weighted by Crippen LogP contribution is -2.48. The maximum absolute atomic E-state index is 13.0. The van der Waals surface area contributed by atoms with Crippen LogP contribution in [-0.2, 0) is 6.54 Å². The zero-order valence-corrected chi connectivity index (χ0v) is 16.0. The smallest absolute Gasteiger partial charge is 0.264 e. The van der Waals surface area contributed by atoms with E-state index < -0.39 is 0 Å². The van der Waals surface area contributed by atoms with Gasteiger partial charge in [0, 0.05) is 42.8 Å². The van der Waals surface area contributed by atoms with Gasteiger partial charge < -0.3 is 14.4 Å². The lowest BCUT2D eigenvalue weighted by atomic mass is 10.1. The third kappa shape index (κ3) is 2.73. The number of thiophene rings is 1. The summed E-state index contributed by atoms with van der Waals surface area (Å²) < 4.78 is 2.71. The van der Waals surface area contributed by atoms with Gasteiger partial charge in [0.15, 0.2) is 0 Å². The average Bonchev–Trinajstić information content (AvgIpc) is 3.14. The minimum Gasteiger partial charge on any atom is -0.335 e. The minimum atomic E-state index is -0.00713. The molecule has 0 spiro atoms. The number of piperazine rings is 1. The van der Waals surface area contributed by atoms with E-state index in [0.717, 1.165) is 48.3 Å². The molecule has 5 nitrogen and oxygen atoms in total. The highest BCUT2D eigenvalue weighted by molar-refractivity contribution is 7.21. The molecule has 26 heavy (non-hydrogen) atoms. The lowest BCUT2D eigenvalue weighted by molar-refractivity contribution is 0.0648. The van der Waals surface area contributed by atoms with Gasteiger partial charge in [-0.1, -0.05) is 25.1 Å². The van der Waals surface area contributed by atoms with Crippen LogP contribution in [-0.4, -0.2) is 53.0 Å². The van der Waals surface area contributed by atoms with Gasteiger partial charge in [0.2, 0.25) is 0 Å². The summed E-state index contributed by atoms with van der Waals surface area (Å²) in [6, 6.07) is 9.75. The van der Waals surface area contributed by atoms with Crippen LogP contribution in [0.2, 0.25) is 0 Å². The van der Waals surface area contributed by atoms with Gasteiger partial charge >= 0.3 is 0 Å². The molecule has 0 radical (unpaired) electrons. The second kappa shape index (κ2) is 6.85. The molecule has 6 heteroatoms. The number of carbonyl (C=O) groups excluding carboxylic acids is 1. The summed E-state index contributed by atoms with van der Waals surface area (Å²) in [5, 5.41) is 1.70. The highest BCUT2D eigenvalue weighted by atomic mass is 32.1. The fraction of sp³-hybridized carbons (Fsp3) is 0.400. The van der Waals surface area contributed by atoms with Gasteiger partial charge in [-0.3, -0.25) is 9.59 Å². The normalized spacial score (nSPS) is 15.8. The van der Waals surface area contributed by atoms with Crippen LogP contribution in [0.4, 0.5) is 0 Å². The fourth-order valence-electron chi connectivity index (χ4n) is 3.75. The number of fused-ring (bicyclic) bond motifs is 3. The highest BCUT2D eigenvalue weighted by Crippen LogP contribution is 2.31. The second-order valence-electron chi connectivity index (χ2n) is 6.65. The van der Waals surface area contributed by atoms with E-state index in [1.54, 1.807) is 10.6 Å². The van der Waals surface area contributed by atoms with Gasteiger partial charge in [-0.2, -0.15) is 0 Å². The van der Waals surface area contributed by atoms with Crippen molar-refractivity contribution < 1.29 is 4.79 Å². The molecule has 0 atom stereocenters. The van der Waals surface area contributed by atoms with Crippen molar-refractivity contribution in [2.75, 3.05) is 32.7 Å². The van der Waals surface area contributed by atoms with Crippen molar-refractivity contribution in [3.63, 3.8) is 0 Å². The van der Waals surface area contributed by atoms with Crippen LogP contribution in [0.25, 0.3) is 21.0 Å². The van der Waals surface area contributed by atoms with Gasteiger partial charge in [0.05, 0.1) is 15.8 Å². The molecule has 3 heterocycles. The number of hydrogen-bond donors (Lipinski definition) is 0. The first-order valence-corrected chi connectivity index (χ1v) is 10.0. The number of likely N-dealkylation sites (N-methyl/N-ethyl adjacent to an activating group) is 1. The van der Waals surface area contributed by atoms with Crippen LogP contribution in [0.15, 0.2) is 35.1 Å². The summed E-state index contributed by atoms with van der Waals surface area (Å²) in [5.74, 6) is 0.0495. The Morgan fingerprint density at radius 1 is 1.04 bits per heavy atom. The maximum atomic E-state index is 13.0. The van der Waals surface area contributed by atoms with E-state index in [1.807, 2.05) is 36.1 Å². The SMILES string of the molecule is CCN1CCN(C(=O)c2cc3c(=O)n(CC)c4ccccc4c3s2)CC1. The van der Waals surface area contributed by atoms with Gasteiger partial charge in [0.25, 0.3) is 11.5 Å². The number of benzene rings is 1. The molecule has 1 amide bonds. The van der Waals surface area contributed by atoms with E-state index in [4.69, 9.17) is 0 Å². The molecule has 2 aromatic heterocycles. The van der Waals surface area contributed by atoms with Crippen molar-refractivity contribution >= 4 is 38.2 Å². The molecule has 1 fully saturated rings. The second-order valence-corrected chi connectivity index (χ2v) is 7.70. The quantitative estimate of drug-likeness (QED) is 0.713. The van der Waals surface area contributed by atoms with Crippen molar-refractivity contribution in [2.24, 2.45) is 0 Å². The first-order chi connectivity index (χ1) is 12.6. The van der Waals surface area contributed by atoms with Crippen LogP contribution >= 0.6 is 11.3 Å². The Hall–Kier alpha value is -2.18. The zero-order valence-electron chi connectivity index (χ0n) is 15.2. The van der Waals surface area contributed by atoms with E-state index in [0.29, 0.717) is 16.8 Å². The molecule has 1 aliphatic rings. The molecule has 0 aliphatic carbocycles. The highest BCUT2D eigenvalue weighted by Gasteiger charge is 2.24. The van der Waals surface area contributed by atoms with Crippen molar-refractivity contribution in [2.45, 2.75) is 20.4 Å². The largest absolute Gasteiger partial charge is 0.335 e. The zero-order chi connectivity index (χ0) is 18.3. The number of nitrogens with zero attached hydrogens (tertiary/aromatic N) is 3. The molecule has 0 saturated carbocycles. The van der Waals surface area contributed by atoms with Crippen molar-refractivity contribution in [3.05, 3.63) is 45.6 Å². The maximum Gasteiger partial charge on any atom is 0.264 e.